The Morgan fingerprint density at radius 1 is 1.10 bits per heavy atom. The predicted molar refractivity (Wildman–Crippen MR) is 88.1 cm³/mol. The third-order valence-electron chi connectivity index (χ3n) is 3.63. The van der Waals surface area contributed by atoms with Crippen LogP contribution in [0.1, 0.15) is 12.5 Å². The second kappa shape index (κ2) is 7.21. The van der Waals surface area contributed by atoms with E-state index in [9.17, 15) is 0 Å². The number of benzene rings is 1. The highest BCUT2D eigenvalue weighted by atomic mass is 16.5. The van der Waals surface area contributed by atoms with Gasteiger partial charge >= 0.3 is 0 Å². The maximum absolute atomic E-state index is 5.76. The van der Waals surface area contributed by atoms with E-state index in [1.54, 1.807) is 14.2 Å². The highest BCUT2D eigenvalue weighted by Crippen LogP contribution is 2.29. The summed E-state index contributed by atoms with van der Waals surface area (Å²) in [5.41, 5.74) is 1.70. The number of allylic oxidation sites excluding steroid dienone is 4. The van der Waals surface area contributed by atoms with Crippen molar-refractivity contribution in [3.63, 3.8) is 0 Å². The average molecular weight is 282 g/mol. The Bertz CT molecular complexity index is 566. The molecule has 0 aliphatic heterocycles. The van der Waals surface area contributed by atoms with Crippen molar-refractivity contribution in [1.82, 2.24) is 0 Å². The van der Waals surface area contributed by atoms with Gasteiger partial charge in [0.15, 0.2) is 0 Å². The maximum atomic E-state index is 5.76. The van der Waals surface area contributed by atoms with E-state index in [2.05, 4.69) is 48.6 Å². The van der Waals surface area contributed by atoms with Crippen LogP contribution < -0.4 is 0 Å². The Morgan fingerprint density at radius 3 is 2.48 bits per heavy atom. The third-order valence-corrected chi connectivity index (χ3v) is 3.63. The van der Waals surface area contributed by atoms with Gasteiger partial charge in [-0.3, -0.25) is 0 Å². The zero-order chi connectivity index (χ0) is 15.1. The van der Waals surface area contributed by atoms with Crippen LogP contribution in [-0.4, -0.2) is 25.9 Å². The molecule has 0 saturated carbocycles. The Kier molecular flexibility index (Phi) is 5.32. The molecule has 0 N–H and O–H groups in total. The fourth-order valence-corrected chi connectivity index (χ4v) is 2.43. The van der Waals surface area contributed by atoms with E-state index in [1.165, 1.54) is 0 Å². The largest absolute Gasteiger partial charge is 0.374 e. The first-order valence-corrected chi connectivity index (χ1v) is 7.10. The topological polar surface area (TPSA) is 18.5 Å². The van der Waals surface area contributed by atoms with Crippen molar-refractivity contribution in [2.24, 2.45) is 0 Å². The molecule has 0 fully saturated rings. The van der Waals surface area contributed by atoms with Gasteiger partial charge in [0.2, 0.25) is 0 Å². The van der Waals surface area contributed by atoms with Crippen molar-refractivity contribution in [1.29, 1.82) is 0 Å². The second-order valence-corrected chi connectivity index (χ2v) is 4.96. The third kappa shape index (κ3) is 3.60. The van der Waals surface area contributed by atoms with Gasteiger partial charge in [-0.15, -0.1) is 0 Å². The fraction of sp³-hybridized carbons (Fsp3) is 0.263. The summed E-state index contributed by atoms with van der Waals surface area (Å²) in [5.74, 6) is 0. The van der Waals surface area contributed by atoms with E-state index >= 15 is 0 Å². The van der Waals surface area contributed by atoms with Gasteiger partial charge in [-0.2, -0.15) is 0 Å². The molecule has 0 radical (unpaired) electrons. The number of methoxy groups -OCH3 is 2. The molecule has 2 unspecified atom stereocenters. The summed E-state index contributed by atoms with van der Waals surface area (Å²) in [6.45, 7) is 2.00. The molecular formula is C19H22O2. The SMILES string of the molecule is CC=CC1=CC(OC)C(C=Cc2ccccc2)(OC)C=C1. The average Bonchev–Trinajstić information content (AvgIpc) is 2.55. The van der Waals surface area contributed by atoms with Gasteiger partial charge in [-0.25, -0.2) is 0 Å². The van der Waals surface area contributed by atoms with E-state index in [1.807, 2.05) is 31.2 Å². The normalized spacial score (nSPS) is 25.7. The number of rotatable bonds is 5. The molecule has 0 bridgehead atoms. The van der Waals surface area contributed by atoms with E-state index in [0.29, 0.717) is 0 Å². The zero-order valence-corrected chi connectivity index (χ0v) is 12.8. The lowest BCUT2D eigenvalue weighted by Crippen LogP contribution is -2.42. The molecular weight excluding hydrogens is 260 g/mol. The van der Waals surface area contributed by atoms with Gasteiger partial charge in [0.25, 0.3) is 0 Å². The van der Waals surface area contributed by atoms with E-state index < -0.39 is 5.60 Å². The van der Waals surface area contributed by atoms with Crippen LogP contribution in [0.3, 0.4) is 0 Å². The minimum atomic E-state index is -0.574. The summed E-state index contributed by atoms with van der Waals surface area (Å²) < 4.78 is 11.4. The minimum absolute atomic E-state index is 0.154. The smallest absolute Gasteiger partial charge is 0.134 e. The van der Waals surface area contributed by atoms with Gasteiger partial charge in [0.1, 0.15) is 11.7 Å². The molecule has 0 amide bonds. The van der Waals surface area contributed by atoms with Gasteiger partial charge in [0, 0.05) is 14.2 Å². The Balaban J connectivity index is 2.29. The molecule has 1 aromatic rings. The molecule has 1 aliphatic rings. The molecule has 0 spiro atoms. The van der Waals surface area contributed by atoms with Crippen LogP contribution in [-0.2, 0) is 9.47 Å². The lowest BCUT2D eigenvalue weighted by molar-refractivity contribution is -0.0352. The Labute approximate surface area is 127 Å². The lowest BCUT2D eigenvalue weighted by atomic mass is 9.87. The first kappa shape index (κ1) is 15.5. The highest BCUT2D eigenvalue weighted by Gasteiger charge is 2.35. The molecule has 0 saturated heterocycles. The van der Waals surface area contributed by atoms with Crippen LogP contribution in [0.15, 0.2) is 72.4 Å². The minimum Gasteiger partial charge on any atom is -0.374 e. The summed E-state index contributed by atoms with van der Waals surface area (Å²) in [4.78, 5) is 0. The molecule has 2 heteroatoms. The van der Waals surface area contributed by atoms with E-state index in [4.69, 9.17) is 9.47 Å². The molecule has 0 aromatic heterocycles. The maximum Gasteiger partial charge on any atom is 0.134 e. The molecule has 1 aromatic carbocycles. The summed E-state index contributed by atoms with van der Waals surface area (Å²) in [6, 6.07) is 10.2. The Morgan fingerprint density at radius 2 is 1.86 bits per heavy atom. The highest BCUT2D eigenvalue weighted by molar-refractivity contribution is 5.53. The van der Waals surface area contributed by atoms with Gasteiger partial charge in [-0.1, -0.05) is 54.6 Å². The number of ether oxygens (including phenoxy) is 2. The van der Waals surface area contributed by atoms with Crippen molar-refractivity contribution >= 4 is 6.08 Å². The first-order chi connectivity index (χ1) is 10.2. The standard InChI is InChI=1S/C19H22O2/c1-4-8-17-12-14-19(21-3,18(15-17)20-2)13-11-16-9-6-5-7-10-16/h4-15,18H,1-3H3. The number of hydrogen-bond acceptors (Lipinski definition) is 2. The fourth-order valence-electron chi connectivity index (χ4n) is 2.43. The summed E-state index contributed by atoms with van der Waals surface area (Å²) >= 11 is 0. The molecule has 2 rings (SSSR count). The Hall–Kier alpha value is -1.90. The molecule has 0 heterocycles. The van der Waals surface area contributed by atoms with Crippen molar-refractivity contribution in [2.45, 2.75) is 18.6 Å². The first-order valence-electron chi connectivity index (χ1n) is 7.10. The van der Waals surface area contributed by atoms with Crippen molar-refractivity contribution < 1.29 is 9.47 Å². The van der Waals surface area contributed by atoms with Crippen molar-refractivity contribution in [2.75, 3.05) is 14.2 Å². The van der Waals surface area contributed by atoms with Crippen LogP contribution in [0.4, 0.5) is 0 Å². The van der Waals surface area contributed by atoms with Gasteiger partial charge in [0.05, 0.1) is 0 Å². The summed E-state index contributed by atoms with van der Waals surface area (Å²) in [6.07, 6.45) is 14.2. The van der Waals surface area contributed by atoms with E-state index in [-0.39, 0.29) is 6.10 Å². The molecule has 21 heavy (non-hydrogen) atoms. The number of hydrogen-bond donors (Lipinski definition) is 0. The van der Waals surface area contributed by atoms with Crippen LogP contribution in [0, 0.1) is 0 Å². The molecule has 2 nitrogen and oxygen atoms in total. The van der Waals surface area contributed by atoms with Crippen LogP contribution >= 0.6 is 0 Å². The summed E-state index contributed by atoms with van der Waals surface area (Å²) in [7, 11) is 3.41. The summed E-state index contributed by atoms with van der Waals surface area (Å²) in [5, 5.41) is 0. The van der Waals surface area contributed by atoms with E-state index in [0.717, 1.165) is 11.1 Å². The van der Waals surface area contributed by atoms with Crippen molar-refractivity contribution in [3.05, 3.63) is 77.9 Å². The molecule has 2 atom stereocenters. The van der Waals surface area contributed by atoms with Gasteiger partial charge < -0.3 is 9.47 Å². The second-order valence-electron chi connectivity index (χ2n) is 4.96. The quantitative estimate of drug-likeness (QED) is 0.807. The van der Waals surface area contributed by atoms with Crippen molar-refractivity contribution in [3.8, 4) is 0 Å². The monoisotopic (exact) mass is 282 g/mol. The van der Waals surface area contributed by atoms with Crippen LogP contribution in [0.25, 0.3) is 6.08 Å². The lowest BCUT2D eigenvalue weighted by Gasteiger charge is -2.34. The zero-order valence-electron chi connectivity index (χ0n) is 12.8. The molecule has 110 valence electrons. The predicted octanol–water partition coefficient (Wildman–Crippen LogP) is 4.17. The van der Waals surface area contributed by atoms with Crippen LogP contribution in [0.5, 0.6) is 0 Å². The van der Waals surface area contributed by atoms with Gasteiger partial charge in [-0.05, 0) is 36.3 Å². The molecule has 1 aliphatic carbocycles. The van der Waals surface area contributed by atoms with Crippen LogP contribution in [0.2, 0.25) is 0 Å².